The molecule has 0 aromatic heterocycles. The van der Waals surface area contributed by atoms with E-state index < -0.39 is 34.7 Å². The molecule has 10 heteroatoms. The number of alkyl halides is 3. The predicted molar refractivity (Wildman–Crippen MR) is 148 cm³/mol. The number of methoxy groups -OCH3 is 1. The van der Waals surface area contributed by atoms with E-state index in [1.165, 1.54) is 19.2 Å². The first-order chi connectivity index (χ1) is 19.6. The number of rotatable bonds is 8. The van der Waals surface area contributed by atoms with Gasteiger partial charge in [0.15, 0.2) is 0 Å². The lowest BCUT2D eigenvalue weighted by atomic mass is 9.93. The summed E-state index contributed by atoms with van der Waals surface area (Å²) < 4.78 is 58.4. The number of hydrogen-bond donors (Lipinski definition) is 1. The fraction of sp³-hybridized carbons (Fsp3) is 0.355. The van der Waals surface area contributed by atoms with Crippen molar-refractivity contribution in [1.29, 1.82) is 0 Å². The molecule has 1 N–H and O–H groups in total. The van der Waals surface area contributed by atoms with Crippen molar-refractivity contribution in [2.75, 3.05) is 37.5 Å². The number of nitrogens with zero attached hydrogens (tertiary/aromatic N) is 1. The molecule has 3 aromatic carbocycles. The molecule has 3 aromatic rings. The van der Waals surface area contributed by atoms with Crippen molar-refractivity contribution < 1.29 is 37.0 Å². The van der Waals surface area contributed by atoms with Crippen LogP contribution in [0.2, 0.25) is 0 Å². The molecule has 1 atom stereocenters. The van der Waals surface area contributed by atoms with Crippen LogP contribution in [0, 0.1) is 0 Å². The van der Waals surface area contributed by atoms with Crippen LogP contribution in [0.25, 0.3) is 0 Å². The lowest BCUT2D eigenvalue weighted by molar-refractivity contribution is -0.143. The number of esters is 1. The lowest BCUT2D eigenvalue weighted by Crippen LogP contribution is -2.41. The quantitative estimate of drug-likeness (QED) is 0.336. The summed E-state index contributed by atoms with van der Waals surface area (Å²) in [6, 6.07) is 16.0. The van der Waals surface area contributed by atoms with Gasteiger partial charge >= 0.3 is 12.1 Å². The molecule has 1 amide bonds. The third kappa shape index (κ3) is 5.68. The van der Waals surface area contributed by atoms with E-state index in [4.69, 9.17) is 14.2 Å². The van der Waals surface area contributed by atoms with Crippen molar-refractivity contribution >= 4 is 23.3 Å². The summed E-state index contributed by atoms with van der Waals surface area (Å²) in [4.78, 5) is 27.7. The van der Waals surface area contributed by atoms with Crippen molar-refractivity contribution in [3.63, 3.8) is 0 Å². The molecule has 7 nitrogen and oxygen atoms in total. The van der Waals surface area contributed by atoms with E-state index >= 15 is 0 Å². The number of likely N-dealkylation sites (N-methyl/N-ethyl adjacent to an activating group) is 1. The van der Waals surface area contributed by atoms with E-state index in [1.54, 1.807) is 18.2 Å². The smallest absolute Gasteiger partial charge is 0.418 e. The summed E-state index contributed by atoms with van der Waals surface area (Å²) in [5, 5.41) is 2.45. The first kappa shape index (κ1) is 28.3. The average molecular weight is 569 g/mol. The monoisotopic (exact) mass is 568 g/mol. The molecule has 2 aliphatic rings. The molecule has 0 radical (unpaired) electrons. The Kier molecular flexibility index (Phi) is 7.59. The number of halogens is 3. The van der Waals surface area contributed by atoms with Gasteiger partial charge in [-0.05, 0) is 72.9 Å². The zero-order valence-electron chi connectivity index (χ0n) is 23.0. The Balaban J connectivity index is 1.33. The fourth-order valence-electron chi connectivity index (χ4n) is 5.26. The van der Waals surface area contributed by atoms with E-state index in [0.717, 1.165) is 17.5 Å². The van der Waals surface area contributed by atoms with Gasteiger partial charge in [-0.25, -0.2) is 0 Å². The zero-order valence-corrected chi connectivity index (χ0v) is 23.0. The second-order valence-electron chi connectivity index (χ2n) is 10.4. The topological polar surface area (TPSA) is 77.1 Å². The number of carbonyl (C=O) groups is 2. The summed E-state index contributed by atoms with van der Waals surface area (Å²) in [6.07, 6.45) is -3.53. The van der Waals surface area contributed by atoms with Gasteiger partial charge in [0, 0.05) is 12.6 Å². The van der Waals surface area contributed by atoms with Crippen LogP contribution in [0.3, 0.4) is 0 Å². The maximum Gasteiger partial charge on any atom is 0.418 e. The molecule has 0 unspecified atom stereocenters. The molecule has 0 bridgehead atoms. The Hall–Kier alpha value is -4.21. The van der Waals surface area contributed by atoms with Crippen LogP contribution in [-0.4, -0.2) is 45.3 Å². The maximum absolute atomic E-state index is 13.8. The van der Waals surface area contributed by atoms with Gasteiger partial charge in [-0.15, -0.1) is 0 Å². The molecular weight excluding hydrogens is 537 g/mol. The van der Waals surface area contributed by atoms with Crippen LogP contribution in [0.5, 0.6) is 11.5 Å². The SMILES string of the molecule is CCc1cc(OC[C@@H]2CN(C)c3ccccc3O2)ccc1C(=O)Nc1cc(C2(C(=O)OC)CC2)ccc1C(F)(F)F. The van der Waals surface area contributed by atoms with E-state index in [0.29, 0.717) is 42.7 Å². The molecule has 1 saturated carbocycles. The van der Waals surface area contributed by atoms with Crippen LogP contribution in [0.1, 0.15) is 46.8 Å². The van der Waals surface area contributed by atoms with Crippen molar-refractivity contribution in [3.8, 4) is 11.5 Å². The summed E-state index contributed by atoms with van der Waals surface area (Å²) in [6.45, 7) is 2.76. The molecule has 0 spiro atoms. The Morgan fingerprint density at radius 3 is 2.54 bits per heavy atom. The summed E-state index contributed by atoms with van der Waals surface area (Å²) in [7, 11) is 3.23. The normalized spacial score (nSPS) is 17.2. The van der Waals surface area contributed by atoms with E-state index in [-0.39, 0.29) is 18.3 Å². The van der Waals surface area contributed by atoms with E-state index in [1.807, 2.05) is 38.2 Å². The largest absolute Gasteiger partial charge is 0.490 e. The highest BCUT2D eigenvalue weighted by Crippen LogP contribution is 2.50. The summed E-state index contributed by atoms with van der Waals surface area (Å²) in [5.41, 5.74) is -0.150. The average Bonchev–Trinajstić information content (AvgIpc) is 3.77. The first-order valence-electron chi connectivity index (χ1n) is 13.4. The molecule has 1 heterocycles. The third-order valence-electron chi connectivity index (χ3n) is 7.64. The molecule has 0 saturated heterocycles. The first-order valence-corrected chi connectivity index (χ1v) is 13.4. The van der Waals surface area contributed by atoms with Gasteiger partial charge in [0.1, 0.15) is 24.2 Å². The van der Waals surface area contributed by atoms with Crippen molar-refractivity contribution in [2.24, 2.45) is 0 Å². The number of amides is 1. The zero-order chi connectivity index (χ0) is 29.4. The number of ether oxygens (including phenoxy) is 3. The number of aryl methyl sites for hydroxylation is 1. The Labute approximate surface area is 236 Å². The van der Waals surface area contributed by atoms with Crippen molar-refractivity contribution in [2.45, 2.75) is 43.9 Å². The lowest BCUT2D eigenvalue weighted by Gasteiger charge is -2.33. The van der Waals surface area contributed by atoms with Gasteiger partial charge in [-0.2, -0.15) is 13.2 Å². The Morgan fingerprint density at radius 2 is 1.85 bits per heavy atom. The molecular formula is C31H31F3N2O5. The highest BCUT2D eigenvalue weighted by Gasteiger charge is 2.53. The predicted octanol–water partition coefficient (Wildman–Crippen LogP) is 6.00. The number of benzene rings is 3. The second-order valence-corrected chi connectivity index (χ2v) is 10.4. The fourth-order valence-corrected chi connectivity index (χ4v) is 5.26. The number of carbonyl (C=O) groups excluding carboxylic acids is 2. The standard InChI is InChI=1S/C31H31F3N2O5/c1-4-19-15-21(40-18-22-17-36(2)26-7-5-6-8-27(26)41-22)10-11-23(19)28(37)35-25-16-20(9-12-24(25)31(32,33)34)30(13-14-30)29(38)39-3/h5-12,15-16,22H,4,13-14,17-18H2,1-3H3,(H,35,37)/t22-/m0/s1. The molecule has 1 aliphatic carbocycles. The molecule has 41 heavy (non-hydrogen) atoms. The van der Waals surface area contributed by atoms with Crippen LogP contribution in [0.4, 0.5) is 24.5 Å². The number of anilines is 2. The summed E-state index contributed by atoms with van der Waals surface area (Å²) in [5.74, 6) is 0.105. The van der Waals surface area contributed by atoms with Crippen LogP contribution in [0.15, 0.2) is 60.7 Å². The van der Waals surface area contributed by atoms with E-state index in [9.17, 15) is 22.8 Å². The minimum atomic E-state index is -4.70. The number of hydrogen-bond acceptors (Lipinski definition) is 6. The van der Waals surface area contributed by atoms with Gasteiger partial charge in [0.2, 0.25) is 0 Å². The minimum Gasteiger partial charge on any atom is -0.490 e. The second kappa shape index (κ2) is 11.0. The number of fused-ring (bicyclic) bond motifs is 1. The molecule has 1 fully saturated rings. The van der Waals surface area contributed by atoms with Crippen molar-refractivity contribution in [3.05, 3.63) is 82.9 Å². The number of nitrogens with one attached hydrogen (secondary N) is 1. The molecule has 216 valence electrons. The summed E-state index contributed by atoms with van der Waals surface area (Å²) >= 11 is 0. The van der Waals surface area contributed by atoms with Crippen molar-refractivity contribution in [1.82, 2.24) is 0 Å². The number of para-hydroxylation sites is 2. The van der Waals surface area contributed by atoms with Gasteiger partial charge in [-0.1, -0.05) is 25.1 Å². The Morgan fingerprint density at radius 1 is 1.10 bits per heavy atom. The third-order valence-corrected chi connectivity index (χ3v) is 7.64. The highest BCUT2D eigenvalue weighted by molar-refractivity contribution is 6.06. The minimum absolute atomic E-state index is 0.212. The van der Waals surface area contributed by atoms with Gasteiger partial charge in [-0.3, -0.25) is 9.59 Å². The van der Waals surface area contributed by atoms with Gasteiger partial charge < -0.3 is 24.4 Å². The highest BCUT2D eigenvalue weighted by atomic mass is 19.4. The van der Waals surface area contributed by atoms with E-state index in [2.05, 4.69) is 10.2 Å². The van der Waals surface area contributed by atoms with Crippen LogP contribution in [-0.2, 0) is 27.5 Å². The van der Waals surface area contributed by atoms with Gasteiger partial charge in [0.25, 0.3) is 5.91 Å². The molecule has 1 aliphatic heterocycles. The Bertz CT molecular complexity index is 1470. The molecule has 5 rings (SSSR count). The maximum atomic E-state index is 13.8. The van der Waals surface area contributed by atoms with Crippen LogP contribution >= 0.6 is 0 Å². The van der Waals surface area contributed by atoms with Gasteiger partial charge in [0.05, 0.1) is 36.0 Å². The van der Waals surface area contributed by atoms with Crippen LogP contribution < -0.4 is 19.7 Å².